The largest absolute Gasteiger partial charge is 0.314 e. The Morgan fingerprint density at radius 1 is 1.44 bits per heavy atom. The van der Waals surface area contributed by atoms with E-state index < -0.39 is 0 Å². The molecule has 1 aromatic heterocycles. The van der Waals surface area contributed by atoms with Crippen LogP contribution in [0, 0.1) is 5.92 Å². The molecule has 0 saturated heterocycles. The zero-order valence-electron chi connectivity index (χ0n) is 10.2. The zero-order chi connectivity index (χ0) is 11.2. The maximum Gasteiger partial charge on any atom is 0.00983 e. The summed E-state index contributed by atoms with van der Waals surface area (Å²) in [6.45, 7) is 3.34. The summed E-state index contributed by atoms with van der Waals surface area (Å²) in [7, 11) is 0. The van der Waals surface area contributed by atoms with Crippen LogP contribution in [0.15, 0.2) is 16.8 Å². The van der Waals surface area contributed by atoms with Gasteiger partial charge in [-0.3, -0.25) is 0 Å². The van der Waals surface area contributed by atoms with Gasteiger partial charge >= 0.3 is 0 Å². The standard InChI is InChI=1S/C14H23NS/c1-2-15-14(13-5-3-4-6-13)8-7-12-9-10-16-11-12/h9-11,13-15H,2-8H2,1H3. The van der Waals surface area contributed by atoms with Gasteiger partial charge in [0.05, 0.1) is 0 Å². The van der Waals surface area contributed by atoms with Crippen molar-refractivity contribution >= 4 is 11.3 Å². The van der Waals surface area contributed by atoms with E-state index in [1.165, 1.54) is 44.1 Å². The van der Waals surface area contributed by atoms with Crippen molar-refractivity contribution in [3.63, 3.8) is 0 Å². The number of rotatable bonds is 6. The third kappa shape index (κ3) is 3.33. The van der Waals surface area contributed by atoms with Gasteiger partial charge in [-0.1, -0.05) is 19.8 Å². The van der Waals surface area contributed by atoms with Crippen LogP contribution in [0.4, 0.5) is 0 Å². The Morgan fingerprint density at radius 2 is 2.25 bits per heavy atom. The van der Waals surface area contributed by atoms with Gasteiger partial charge in [0.25, 0.3) is 0 Å². The fourth-order valence-electron chi connectivity index (χ4n) is 2.88. The number of hydrogen-bond donors (Lipinski definition) is 1. The molecule has 0 aliphatic heterocycles. The lowest BCUT2D eigenvalue weighted by molar-refractivity contribution is 0.346. The average molecular weight is 237 g/mol. The highest BCUT2D eigenvalue weighted by Gasteiger charge is 2.23. The summed E-state index contributed by atoms with van der Waals surface area (Å²) in [5, 5.41) is 8.17. The van der Waals surface area contributed by atoms with Crippen molar-refractivity contribution in [3.05, 3.63) is 22.4 Å². The third-order valence-corrected chi connectivity index (χ3v) is 4.49. The number of hydrogen-bond acceptors (Lipinski definition) is 2. The summed E-state index contributed by atoms with van der Waals surface area (Å²) < 4.78 is 0. The molecule has 1 saturated carbocycles. The third-order valence-electron chi connectivity index (χ3n) is 3.76. The fraction of sp³-hybridized carbons (Fsp3) is 0.714. The lowest BCUT2D eigenvalue weighted by atomic mass is 9.93. The van der Waals surface area contributed by atoms with Gasteiger partial charge < -0.3 is 5.32 Å². The molecule has 90 valence electrons. The Balaban J connectivity index is 1.82. The highest BCUT2D eigenvalue weighted by Crippen LogP contribution is 2.29. The van der Waals surface area contributed by atoms with Crippen LogP contribution in [0.5, 0.6) is 0 Å². The molecule has 2 rings (SSSR count). The van der Waals surface area contributed by atoms with E-state index >= 15 is 0 Å². The van der Waals surface area contributed by atoms with Crippen LogP contribution in [0.25, 0.3) is 0 Å². The molecule has 1 fully saturated rings. The molecule has 0 radical (unpaired) electrons. The van der Waals surface area contributed by atoms with Crippen LogP contribution in [0.2, 0.25) is 0 Å². The smallest absolute Gasteiger partial charge is 0.00983 e. The first-order chi connectivity index (χ1) is 7.90. The Labute approximate surface area is 103 Å². The lowest BCUT2D eigenvalue weighted by Gasteiger charge is -2.24. The van der Waals surface area contributed by atoms with Gasteiger partial charge in [-0.05, 0) is 60.5 Å². The number of nitrogens with one attached hydrogen (secondary N) is 1. The van der Waals surface area contributed by atoms with Crippen LogP contribution in [-0.4, -0.2) is 12.6 Å². The van der Waals surface area contributed by atoms with E-state index in [4.69, 9.17) is 0 Å². The van der Waals surface area contributed by atoms with Crippen molar-refractivity contribution in [1.82, 2.24) is 5.32 Å². The normalized spacial score (nSPS) is 19.1. The summed E-state index contributed by atoms with van der Waals surface area (Å²) in [4.78, 5) is 0. The van der Waals surface area contributed by atoms with E-state index in [1.807, 2.05) is 11.3 Å². The molecule has 1 nitrogen and oxygen atoms in total. The van der Waals surface area contributed by atoms with Gasteiger partial charge in [0.1, 0.15) is 0 Å². The second-order valence-electron chi connectivity index (χ2n) is 4.88. The topological polar surface area (TPSA) is 12.0 Å². The van der Waals surface area contributed by atoms with Gasteiger partial charge in [0.15, 0.2) is 0 Å². The summed E-state index contributed by atoms with van der Waals surface area (Å²) in [6, 6.07) is 3.02. The minimum Gasteiger partial charge on any atom is -0.314 e. The lowest BCUT2D eigenvalue weighted by Crippen LogP contribution is -2.35. The molecule has 1 N–H and O–H groups in total. The Kier molecular flexibility index (Phi) is 4.86. The Hall–Kier alpha value is -0.340. The first-order valence-electron chi connectivity index (χ1n) is 6.64. The van der Waals surface area contributed by atoms with Crippen molar-refractivity contribution in [2.24, 2.45) is 5.92 Å². The minimum absolute atomic E-state index is 0.757. The van der Waals surface area contributed by atoms with Gasteiger partial charge in [0, 0.05) is 6.04 Å². The van der Waals surface area contributed by atoms with Crippen LogP contribution < -0.4 is 5.32 Å². The van der Waals surface area contributed by atoms with Crippen LogP contribution in [-0.2, 0) is 6.42 Å². The molecular formula is C14H23NS. The van der Waals surface area contributed by atoms with E-state index in [2.05, 4.69) is 29.1 Å². The molecule has 0 amide bonds. The Morgan fingerprint density at radius 3 is 2.88 bits per heavy atom. The summed E-state index contributed by atoms with van der Waals surface area (Å²) in [5.74, 6) is 0.943. The van der Waals surface area contributed by atoms with Crippen LogP contribution in [0.3, 0.4) is 0 Å². The molecule has 0 bridgehead atoms. The van der Waals surface area contributed by atoms with Gasteiger partial charge in [0.2, 0.25) is 0 Å². The first-order valence-corrected chi connectivity index (χ1v) is 7.59. The SMILES string of the molecule is CCNC(CCc1ccsc1)C1CCCC1. The second-order valence-corrected chi connectivity index (χ2v) is 5.66. The predicted molar refractivity (Wildman–Crippen MR) is 72.1 cm³/mol. The molecule has 1 heterocycles. The highest BCUT2D eigenvalue weighted by molar-refractivity contribution is 7.07. The number of thiophene rings is 1. The van der Waals surface area contributed by atoms with E-state index in [0.717, 1.165) is 18.5 Å². The quantitative estimate of drug-likeness (QED) is 0.792. The maximum atomic E-state index is 3.69. The monoisotopic (exact) mass is 237 g/mol. The first kappa shape index (κ1) is 12.1. The van der Waals surface area contributed by atoms with E-state index in [9.17, 15) is 0 Å². The van der Waals surface area contributed by atoms with E-state index in [-0.39, 0.29) is 0 Å². The molecule has 16 heavy (non-hydrogen) atoms. The Bertz CT molecular complexity index is 275. The van der Waals surface area contributed by atoms with Gasteiger partial charge in [-0.2, -0.15) is 11.3 Å². The van der Waals surface area contributed by atoms with Gasteiger partial charge in [-0.25, -0.2) is 0 Å². The highest BCUT2D eigenvalue weighted by atomic mass is 32.1. The maximum absolute atomic E-state index is 3.69. The van der Waals surface area contributed by atoms with Crippen molar-refractivity contribution < 1.29 is 0 Å². The van der Waals surface area contributed by atoms with E-state index in [1.54, 1.807) is 0 Å². The fourth-order valence-corrected chi connectivity index (χ4v) is 3.59. The summed E-state index contributed by atoms with van der Waals surface area (Å²) >= 11 is 1.82. The van der Waals surface area contributed by atoms with Crippen molar-refractivity contribution in [2.75, 3.05) is 6.54 Å². The molecular weight excluding hydrogens is 214 g/mol. The average Bonchev–Trinajstić information content (AvgIpc) is 2.96. The minimum atomic E-state index is 0.757. The second kappa shape index (κ2) is 6.41. The van der Waals surface area contributed by atoms with Crippen molar-refractivity contribution in [3.8, 4) is 0 Å². The molecule has 0 aromatic carbocycles. The zero-order valence-corrected chi connectivity index (χ0v) is 11.1. The molecule has 1 aliphatic carbocycles. The van der Waals surface area contributed by atoms with Crippen LogP contribution >= 0.6 is 11.3 Å². The number of aryl methyl sites for hydroxylation is 1. The summed E-state index contributed by atoms with van der Waals surface area (Å²) in [6.07, 6.45) is 8.35. The molecule has 1 aromatic rings. The van der Waals surface area contributed by atoms with Crippen LogP contribution in [0.1, 0.15) is 44.6 Å². The van der Waals surface area contributed by atoms with E-state index in [0.29, 0.717) is 0 Å². The van der Waals surface area contributed by atoms with Gasteiger partial charge in [-0.15, -0.1) is 0 Å². The molecule has 1 atom stereocenters. The molecule has 2 heteroatoms. The molecule has 0 spiro atoms. The summed E-state index contributed by atoms with van der Waals surface area (Å²) in [5.41, 5.74) is 1.52. The van der Waals surface area contributed by atoms with Crippen molar-refractivity contribution in [2.45, 2.75) is 51.5 Å². The predicted octanol–water partition coefficient (Wildman–Crippen LogP) is 3.85. The molecule has 1 aliphatic rings. The molecule has 1 unspecified atom stereocenters. The van der Waals surface area contributed by atoms with Crippen molar-refractivity contribution in [1.29, 1.82) is 0 Å².